The van der Waals surface area contributed by atoms with Crippen LogP contribution in [-0.4, -0.2) is 11.9 Å². The molecule has 0 aliphatic heterocycles. The highest BCUT2D eigenvalue weighted by molar-refractivity contribution is 6.17. The molecular weight excluding hydrogens is 282 g/mol. The van der Waals surface area contributed by atoms with E-state index in [0.717, 1.165) is 34.8 Å². The molecular formula is C18H22ClNO. The Kier molecular flexibility index (Phi) is 3.45. The summed E-state index contributed by atoms with van der Waals surface area (Å²) in [7, 11) is 0. The number of carbonyl (C=O) groups excluding carboxylic acids is 1. The van der Waals surface area contributed by atoms with Crippen molar-refractivity contribution in [3.05, 3.63) is 35.4 Å². The summed E-state index contributed by atoms with van der Waals surface area (Å²) in [6.45, 7) is 0. The summed E-state index contributed by atoms with van der Waals surface area (Å²) in [5.41, 5.74) is 1.76. The first-order valence-corrected chi connectivity index (χ1v) is 8.75. The van der Waals surface area contributed by atoms with Crippen molar-refractivity contribution in [1.29, 1.82) is 0 Å². The summed E-state index contributed by atoms with van der Waals surface area (Å²) in [4.78, 5) is 12.5. The second-order valence-electron chi connectivity index (χ2n) is 7.07. The van der Waals surface area contributed by atoms with E-state index in [0.29, 0.717) is 11.9 Å². The Bertz CT molecular complexity index is 558. The molecule has 0 saturated heterocycles. The predicted octanol–water partition coefficient (Wildman–Crippen LogP) is 3.98. The SMILES string of the molecule is O=C(NC1CC2CC1C1CCCC21)c1cccc(CCl)c1. The Morgan fingerprint density at radius 1 is 1.19 bits per heavy atom. The first-order chi connectivity index (χ1) is 10.3. The maximum atomic E-state index is 12.5. The molecule has 21 heavy (non-hydrogen) atoms. The van der Waals surface area contributed by atoms with E-state index in [4.69, 9.17) is 11.6 Å². The minimum absolute atomic E-state index is 0.0778. The third-order valence-electron chi connectivity index (χ3n) is 6.09. The van der Waals surface area contributed by atoms with Crippen molar-refractivity contribution < 1.29 is 4.79 Å². The molecule has 0 spiro atoms. The van der Waals surface area contributed by atoms with Gasteiger partial charge in [-0.05, 0) is 67.1 Å². The van der Waals surface area contributed by atoms with Crippen LogP contribution < -0.4 is 5.32 Å². The molecule has 3 heteroatoms. The Morgan fingerprint density at radius 2 is 2.05 bits per heavy atom. The fourth-order valence-electron chi connectivity index (χ4n) is 5.28. The lowest BCUT2D eigenvalue weighted by Gasteiger charge is -2.32. The standard InChI is InChI=1S/C18H22ClNO/c19-10-11-3-1-4-12(7-11)18(21)20-17-9-13-8-16(17)15-6-2-5-14(13)15/h1,3-4,7,13-17H,2,5-6,8-10H2,(H,20,21). The van der Waals surface area contributed by atoms with E-state index in [9.17, 15) is 4.79 Å². The topological polar surface area (TPSA) is 29.1 Å². The number of carbonyl (C=O) groups is 1. The average Bonchev–Trinajstić information content (AvgIpc) is 3.19. The third kappa shape index (κ3) is 2.28. The van der Waals surface area contributed by atoms with Crippen molar-refractivity contribution in [2.24, 2.45) is 23.7 Å². The summed E-state index contributed by atoms with van der Waals surface area (Å²) < 4.78 is 0. The van der Waals surface area contributed by atoms with Crippen molar-refractivity contribution in [3.63, 3.8) is 0 Å². The molecule has 1 aromatic rings. The highest BCUT2D eigenvalue weighted by atomic mass is 35.5. The summed E-state index contributed by atoms with van der Waals surface area (Å²) >= 11 is 5.85. The van der Waals surface area contributed by atoms with Gasteiger partial charge in [0, 0.05) is 17.5 Å². The summed E-state index contributed by atoms with van der Waals surface area (Å²) in [5.74, 6) is 4.02. The highest BCUT2D eigenvalue weighted by Gasteiger charge is 2.53. The lowest BCUT2D eigenvalue weighted by molar-refractivity contribution is 0.0901. The van der Waals surface area contributed by atoms with Crippen LogP contribution in [0.3, 0.4) is 0 Å². The van der Waals surface area contributed by atoms with Gasteiger partial charge in [0.25, 0.3) is 5.91 Å². The largest absolute Gasteiger partial charge is 0.349 e. The number of alkyl halides is 1. The van der Waals surface area contributed by atoms with E-state index in [1.165, 1.54) is 32.1 Å². The zero-order chi connectivity index (χ0) is 14.4. The Hall–Kier alpha value is -1.02. The van der Waals surface area contributed by atoms with Crippen LogP contribution in [0, 0.1) is 23.7 Å². The molecule has 0 heterocycles. The maximum absolute atomic E-state index is 12.5. The molecule has 1 aromatic carbocycles. The molecule has 1 N–H and O–H groups in total. The van der Waals surface area contributed by atoms with E-state index in [1.54, 1.807) is 0 Å². The molecule has 0 aromatic heterocycles. The van der Waals surface area contributed by atoms with Crippen molar-refractivity contribution in [2.75, 3.05) is 0 Å². The summed E-state index contributed by atoms with van der Waals surface area (Å²) in [5, 5.41) is 3.31. The molecule has 3 aliphatic carbocycles. The van der Waals surface area contributed by atoms with E-state index in [-0.39, 0.29) is 5.91 Å². The normalized spacial score (nSPS) is 36.7. The van der Waals surface area contributed by atoms with Gasteiger partial charge in [-0.2, -0.15) is 0 Å². The van der Waals surface area contributed by atoms with Crippen molar-refractivity contribution >= 4 is 17.5 Å². The zero-order valence-corrected chi connectivity index (χ0v) is 13.0. The molecule has 0 radical (unpaired) electrons. The summed E-state index contributed by atoms with van der Waals surface area (Å²) in [6.07, 6.45) is 6.78. The van der Waals surface area contributed by atoms with Gasteiger partial charge in [0.05, 0.1) is 0 Å². The molecule has 3 fully saturated rings. The van der Waals surface area contributed by atoms with Crippen molar-refractivity contribution in [3.8, 4) is 0 Å². The van der Waals surface area contributed by atoms with Gasteiger partial charge < -0.3 is 5.32 Å². The van der Waals surface area contributed by atoms with Crippen LogP contribution in [0.15, 0.2) is 24.3 Å². The fourth-order valence-corrected chi connectivity index (χ4v) is 5.45. The minimum Gasteiger partial charge on any atom is -0.349 e. The van der Waals surface area contributed by atoms with Gasteiger partial charge in [0.2, 0.25) is 0 Å². The molecule has 3 aliphatic rings. The Morgan fingerprint density at radius 3 is 2.90 bits per heavy atom. The van der Waals surface area contributed by atoms with Crippen LogP contribution in [0.25, 0.3) is 0 Å². The lowest BCUT2D eigenvalue weighted by atomic mass is 9.79. The van der Waals surface area contributed by atoms with Crippen molar-refractivity contribution in [2.45, 2.75) is 44.0 Å². The molecule has 5 atom stereocenters. The van der Waals surface area contributed by atoms with Crippen LogP contribution in [-0.2, 0) is 5.88 Å². The molecule has 2 bridgehead atoms. The Labute approximate surface area is 131 Å². The number of benzene rings is 1. The first kappa shape index (κ1) is 13.6. The Balaban J connectivity index is 1.46. The van der Waals surface area contributed by atoms with Gasteiger partial charge in [-0.1, -0.05) is 18.6 Å². The second-order valence-corrected chi connectivity index (χ2v) is 7.34. The molecule has 2 nitrogen and oxygen atoms in total. The molecule has 4 rings (SSSR count). The number of rotatable bonds is 3. The van der Waals surface area contributed by atoms with Gasteiger partial charge >= 0.3 is 0 Å². The molecule has 112 valence electrons. The van der Waals surface area contributed by atoms with Crippen LogP contribution in [0.5, 0.6) is 0 Å². The van der Waals surface area contributed by atoms with E-state index < -0.39 is 0 Å². The monoisotopic (exact) mass is 303 g/mol. The van der Waals surface area contributed by atoms with Crippen molar-refractivity contribution in [1.82, 2.24) is 5.32 Å². The van der Waals surface area contributed by atoms with Crippen LogP contribution >= 0.6 is 11.6 Å². The quantitative estimate of drug-likeness (QED) is 0.841. The predicted molar refractivity (Wildman–Crippen MR) is 84.3 cm³/mol. The molecule has 3 saturated carbocycles. The number of amides is 1. The van der Waals surface area contributed by atoms with Crippen LogP contribution in [0.4, 0.5) is 0 Å². The van der Waals surface area contributed by atoms with Gasteiger partial charge in [0.15, 0.2) is 0 Å². The number of hydrogen-bond acceptors (Lipinski definition) is 1. The first-order valence-electron chi connectivity index (χ1n) is 8.22. The number of fused-ring (bicyclic) bond motifs is 5. The number of nitrogens with one attached hydrogen (secondary N) is 1. The minimum atomic E-state index is 0.0778. The maximum Gasteiger partial charge on any atom is 0.251 e. The molecule has 5 unspecified atom stereocenters. The van der Waals surface area contributed by atoms with Gasteiger partial charge in [-0.15, -0.1) is 11.6 Å². The van der Waals surface area contributed by atoms with Crippen LogP contribution in [0.1, 0.15) is 48.0 Å². The second kappa shape index (κ2) is 5.31. The molecule has 1 amide bonds. The smallest absolute Gasteiger partial charge is 0.251 e. The van der Waals surface area contributed by atoms with E-state index in [1.807, 2.05) is 24.3 Å². The number of halogens is 1. The third-order valence-corrected chi connectivity index (χ3v) is 6.40. The zero-order valence-electron chi connectivity index (χ0n) is 12.2. The lowest BCUT2D eigenvalue weighted by Crippen LogP contribution is -2.42. The average molecular weight is 304 g/mol. The fraction of sp³-hybridized carbons (Fsp3) is 0.611. The summed E-state index contributed by atoms with van der Waals surface area (Å²) in [6, 6.07) is 8.08. The van der Waals surface area contributed by atoms with Gasteiger partial charge in [-0.25, -0.2) is 0 Å². The van der Waals surface area contributed by atoms with E-state index >= 15 is 0 Å². The highest BCUT2D eigenvalue weighted by Crippen LogP contribution is 2.58. The number of hydrogen-bond donors (Lipinski definition) is 1. The van der Waals surface area contributed by atoms with E-state index in [2.05, 4.69) is 5.32 Å². The van der Waals surface area contributed by atoms with Gasteiger partial charge in [0.1, 0.15) is 0 Å². The van der Waals surface area contributed by atoms with Gasteiger partial charge in [-0.3, -0.25) is 4.79 Å². The van der Waals surface area contributed by atoms with Crippen LogP contribution in [0.2, 0.25) is 0 Å².